The lowest BCUT2D eigenvalue weighted by Gasteiger charge is -2.15. The average Bonchev–Trinajstić information content (AvgIpc) is 1.69. The molecule has 0 atom stereocenters. The Labute approximate surface area is 51.4 Å². The van der Waals surface area contributed by atoms with Gasteiger partial charge in [-0.1, -0.05) is 39.0 Å². The SMILES string of the molecule is CC1CCCCC1.O. The first kappa shape index (κ1) is 7.96. The average molecular weight is 116 g/mol. The Morgan fingerprint density at radius 1 is 1.00 bits per heavy atom. The molecule has 0 aromatic heterocycles. The van der Waals surface area contributed by atoms with E-state index < -0.39 is 0 Å². The summed E-state index contributed by atoms with van der Waals surface area (Å²) in [5, 5.41) is 0. The van der Waals surface area contributed by atoms with Gasteiger partial charge in [0.25, 0.3) is 0 Å². The van der Waals surface area contributed by atoms with E-state index in [1.54, 1.807) is 0 Å². The van der Waals surface area contributed by atoms with Gasteiger partial charge < -0.3 is 5.48 Å². The minimum Gasteiger partial charge on any atom is -0.412 e. The molecule has 0 radical (unpaired) electrons. The molecule has 1 fully saturated rings. The summed E-state index contributed by atoms with van der Waals surface area (Å²) in [4.78, 5) is 0. The van der Waals surface area contributed by atoms with Gasteiger partial charge in [0.2, 0.25) is 0 Å². The zero-order valence-electron chi connectivity index (χ0n) is 5.61. The van der Waals surface area contributed by atoms with E-state index in [2.05, 4.69) is 6.92 Å². The van der Waals surface area contributed by atoms with E-state index in [1.165, 1.54) is 32.1 Å². The molecule has 0 bridgehead atoms. The summed E-state index contributed by atoms with van der Waals surface area (Å²) in [6.45, 7) is 2.36. The highest BCUT2D eigenvalue weighted by Crippen LogP contribution is 2.21. The van der Waals surface area contributed by atoms with Gasteiger partial charge in [-0.2, -0.15) is 0 Å². The van der Waals surface area contributed by atoms with Crippen molar-refractivity contribution in [2.75, 3.05) is 0 Å². The predicted octanol–water partition coefficient (Wildman–Crippen LogP) is 1.76. The molecule has 1 saturated carbocycles. The second kappa shape index (κ2) is 3.90. The Morgan fingerprint density at radius 3 is 1.75 bits per heavy atom. The summed E-state index contributed by atoms with van der Waals surface area (Å²) in [5.41, 5.74) is 0. The number of hydrogen-bond acceptors (Lipinski definition) is 0. The lowest BCUT2D eigenvalue weighted by molar-refractivity contribution is 0.385. The Bertz CT molecular complexity index is 46.3. The van der Waals surface area contributed by atoms with Gasteiger partial charge in [-0.3, -0.25) is 0 Å². The normalized spacial score (nSPS) is 22.1. The molecule has 0 unspecified atom stereocenters. The van der Waals surface area contributed by atoms with Gasteiger partial charge in [0.1, 0.15) is 0 Å². The highest BCUT2D eigenvalue weighted by molar-refractivity contribution is 4.59. The van der Waals surface area contributed by atoms with Crippen LogP contribution in [0.3, 0.4) is 0 Å². The van der Waals surface area contributed by atoms with Crippen molar-refractivity contribution in [3.8, 4) is 0 Å². The lowest BCUT2D eigenvalue weighted by atomic mass is 9.91. The van der Waals surface area contributed by atoms with E-state index in [0.29, 0.717) is 0 Å². The molecule has 0 heterocycles. The molecule has 50 valence electrons. The Hall–Kier alpha value is -0.0400. The Kier molecular flexibility index (Phi) is 3.88. The van der Waals surface area contributed by atoms with E-state index in [0.717, 1.165) is 5.92 Å². The second-order valence-electron chi connectivity index (χ2n) is 2.74. The van der Waals surface area contributed by atoms with Crippen molar-refractivity contribution in [1.82, 2.24) is 0 Å². The molecule has 0 spiro atoms. The minimum atomic E-state index is 0. The fourth-order valence-electron chi connectivity index (χ4n) is 1.31. The van der Waals surface area contributed by atoms with Crippen LogP contribution in [0.4, 0.5) is 0 Å². The van der Waals surface area contributed by atoms with E-state index in [4.69, 9.17) is 0 Å². The van der Waals surface area contributed by atoms with Crippen molar-refractivity contribution in [2.45, 2.75) is 39.0 Å². The van der Waals surface area contributed by atoms with Crippen molar-refractivity contribution >= 4 is 0 Å². The van der Waals surface area contributed by atoms with Gasteiger partial charge in [0.05, 0.1) is 0 Å². The fraction of sp³-hybridized carbons (Fsp3) is 1.00. The molecule has 8 heavy (non-hydrogen) atoms. The molecule has 1 aliphatic carbocycles. The van der Waals surface area contributed by atoms with Gasteiger partial charge in [0.15, 0.2) is 0 Å². The Balaban J connectivity index is 0.000000490. The van der Waals surface area contributed by atoms with Crippen LogP contribution in [0.15, 0.2) is 0 Å². The van der Waals surface area contributed by atoms with Crippen molar-refractivity contribution in [2.24, 2.45) is 5.92 Å². The third-order valence-electron chi connectivity index (χ3n) is 1.89. The Morgan fingerprint density at radius 2 is 1.50 bits per heavy atom. The molecule has 0 aliphatic heterocycles. The van der Waals surface area contributed by atoms with Gasteiger partial charge in [-0.05, 0) is 5.92 Å². The van der Waals surface area contributed by atoms with E-state index in [1.807, 2.05) is 0 Å². The first-order valence-corrected chi connectivity index (χ1v) is 3.39. The van der Waals surface area contributed by atoms with Gasteiger partial charge in [-0.15, -0.1) is 0 Å². The highest BCUT2D eigenvalue weighted by atomic mass is 16.0. The number of rotatable bonds is 0. The maximum Gasteiger partial charge on any atom is -0.0443 e. The van der Waals surface area contributed by atoms with E-state index in [9.17, 15) is 0 Å². The van der Waals surface area contributed by atoms with Crippen LogP contribution in [0.2, 0.25) is 0 Å². The zero-order valence-corrected chi connectivity index (χ0v) is 5.61. The van der Waals surface area contributed by atoms with Gasteiger partial charge in [0, 0.05) is 0 Å². The van der Waals surface area contributed by atoms with Gasteiger partial charge >= 0.3 is 0 Å². The van der Waals surface area contributed by atoms with Crippen molar-refractivity contribution in [3.63, 3.8) is 0 Å². The maximum absolute atomic E-state index is 2.36. The molecule has 2 N–H and O–H groups in total. The van der Waals surface area contributed by atoms with Crippen molar-refractivity contribution in [3.05, 3.63) is 0 Å². The second-order valence-corrected chi connectivity index (χ2v) is 2.74. The van der Waals surface area contributed by atoms with Crippen LogP contribution in [0.5, 0.6) is 0 Å². The van der Waals surface area contributed by atoms with Crippen molar-refractivity contribution in [1.29, 1.82) is 0 Å². The monoisotopic (exact) mass is 116 g/mol. The molecule has 1 rings (SSSR count). The summed E-state index contributed by atoms with van der Waals surface area (Å²) in [6, 6.07) is 0. The summed E-state index contributed by atoms with van der Waals surface area (Å²) >= 11 is 0. The predicted molar refractivity (Wildman–Crippen MR) is 35.9 cm³/mol. The molecule has 1 heteroatoms. The molecule has 0 aromatic carbocycles. The van der Waals surface area contributed by atoms with Crippen LogP contribution in [0.25, 0.3) is 0 Å². The number of hydrogen-bond donors (Lipinski definition) is 0. The third kappa shape index (κ3) is 2.31. The summed E-state index contributed by atoms with van der Waals surface area (Å²) < 4.78 is 0. The molecular formula is C7H16O. The van der Waals surface area contributed by atoms with Crippen LogP contribution in [-0.4, -0.2) is 5.48 Å². The molecule has 0 saturated heterocycles. The molecular weight excluding hydrogens is 100 g/mol. The topological polar surface area (TPSA) is 31.5 Å². The minimum absolute atomic E-state index is 0. The highest BCUT2D eigenvalue weighted by Gasteiger charge is 2.05. The van der Waals surface area contributed by atoms with Crippen LogP contribution >= 0.6 is 0 Å². The standard InChI is InChI=1S/C7H14.H2O/c1-7-5-3-2-4-6-7;/h7H,2-6H2,1H3;1H2. The zero-order chi connectivity index (χ0) is 5.11. The maximum atomic E-state index is 2.36. The molecule has 0 aromatic rings. The first-order chi connectivity index (χ1) is 3.39. The third-order valence-corrected chi connectivity index (χ3v) is 1.89. The van der Waals surface area contributed by atoms with Crippen LogP contribution in [0.1, 0.15) is 39.0 Å². The first-order valence-electron chi connectivity index (χ1n) is 3.39. The van der Waals surface area contributed by atoms with E-state index in [-0.39, 0.29) is 5.48 Å². The molecule has 1 aliphatic rings. The quantitative estimate of drug-likeness (QED) is 0.462. The molecule has 1 nitrogen and oxygen atoms in total. The van der Waals surface area contributed by atoms with Gasteiger partial charge in [-0.25, -0.2) is 0 Å². The summed E-state index contributed by atoms with van der Waals surface area (Å²) in [5.74, 6) is 1.04. The summed E-state index contributed by atoms with van der Waals surface area (Å²) in [6.07, 6.45) is 7.44. The van der Waals surface area contributed by atoms with Crippen LogP contribution in [-0.2, 0) is 0 Å². The van der Waals surface area contributed by atoms with Crippen molar-refractivity contribution < 1.29 is 5.48 Å². The van der Waals surface area contributed by atoms with Crippen LogP contribution in [0, 0.1) is 5.92 Å². The van der Waals surface area contributed by atoms with E-state index >= 15 is 0 Å². The smallest absolute Gasteiger partial charge is 0.0443 e. The fourth-order valence-corrected chi connectivity index (χ4v) is 1.31. The lowest BCUT2D eigenvalue weighted by Crippen LogP contribution is -1.99. The van der Waals surface area contributed by atoms with Crippen LogP contribution < -0.4 is 0 Å². The molecule has 0 amide bonds. The summed E-state index contributed by atoms with van der Waals surface area (Å²) in [7, 11) is 0. The largest absolute Gasteiger partial charge is 0.412 e.